The fourth-order valence-electron chi connectivity index (χ4n) is 2.37. The molecular formula is C13H18N2O3S. The number of hydrogen-bond acceptors (Lipinski definition) is 6. The smallest absolute Gasteiger partial charge is 0.161 e. The maximum atomic E-state index is 5.79. The molecule has 0 aromatic heterocycles. The number of benzene rings is 1. The van der Waals surface area contributed by atoms with Crippen LogP contribution in [0.15, 0.2) is 18.2 Å². The molecule has 2 heterocycles. The van der Waals surface area contributed by atoms with Crippen molar-refractivity contribution < 1.29 is 14.2 Å². The van der Waals surface area contributed by atoms with Crippen molar-refractivity contribution in [2.75, 3.05) is 31.3 Å². The van der Waals surface area contributed by atoms with Gasteiger partial charge in [0.25, 0.3) is 0 Å². The molecule has 6 heteroatoms. The van der Waals surface area contributed by atoms with E-state index in [4.69, 9.17) is 20.1 Å². The Morgan fingerprint density at radius 1 is 1.21 bits per heavy atom. The van der Waals surface area contributed by atoms with Gasteiger partial charge < -0.3 is 14.2 Å². The molecule has 0 saturated carbocycles. The van der Waals surface area contributed by atoms with Gasteiger partial charge in [0.15, 0.2) is 11.5 Å². The lowest BCUT2D eigenvalue weighted by Crippen LogP contribution is -2.41. The van der Waals surface area contributed by atoms with Crippen LogP contribution < -0.4 is 20.7 Å². The lowest BCUT2D eigenvalue weighted by molar-refractivity contribution is 0.0466. The number of nitrogens with two attached hydrogens (primary N) is 1. The summed E-state index contributed by atoms with van der Waals surface area (Å²) in [4.78, 5) is 0. The van der Waals surface area contributed by atoms with E-state index in [1.807, 2.05) is 30.0 Å². The molecule has 0 radical (unpaired) electrons. The third-order valence-corrected chi connectivity index (χ3v) is 4.34. The first-order valence-corrected chi connectivity index (χ1v) is 7.59. The number of nitrogens with one attached hydrogen (secondary N) is 1. The second kappa shape index (κ2) is 6.00. The van der Waals surface area contributed by atoms with Gasteiger partial charge in [0.1, 0.15) is 13.2 Å². The first-order chi connectivity index (χ1) is 9.38. The van der Waals surface area contributed by atoms with E-state index >= 15 is 0 Å². The van der Waals surface area contributed by atoms with E-state index in [0.29, 0.717) is 13.2 Å². The van der Waals surface area contributed by atoms with Gasteiger partial charge in [-0.05, 0) is 17.7 Å². The van der Waals surface area contributed by atoms with Crippen LogP contribution in [0.4, 0.5) is 0 Å². The SMILES string of the molecule is NNC(c1ccc2c(c1)OCCO2)C1CSCCO1. The van der Waals surface area contributed by atoms with Crippen molar-refractivity contribution in [2.45, 2.75) is 12.1 Å². The third kappa shape index (κ3) is 2.81. The predicted octanol–water partition coefficient (Wildman–Crippen LogP) is 1.09. The van der Waals surface area contributed by atoms with E-state index in [1.54, 1.807) is 0 Å². The molecule has 3 rings (SSSR count). The molecule has 0 amide bonds. The van der Waals surface area contributed by atoms with Crippen LogP contribution in [0, 0.1) is 0 Å². The number of hydrogen-bond donors (Lipinski definition) is 2. The largest absolute Gasteiger partial charge is 0.486 e. The highest BCUT2D eigenvalue weighted by atomic mass is 32.2. The highest BCUT2D eigenvalue weighted by Crippen LogP contribution is 2.34. The molecule has 2 unspecified atom stereocenters. The topological polar surface area (TPSA) is 65.7 Å². The number of thioether (sulfide) groups is 1. The molecule has 19 heavy (non-hydrogen) atoms. The quantitative estimate of drug-likeness (QED) is 0.639. The Morgan fingerprint density at radius 3 is 2.79 bits per heavy atom. The summed E-state index contributed by atoms with van der Waals surface area (Å²) in [5.74, 6) is 9.28. The maximum absolute atomic E-state index is 5.79. The van der Waals surface area contributed by atoms with Crippen molar-refractivity contribution >= 4 is 11.8 Å². The lowest BCUT2D eigenvalue weighted by Gasteiger charge is -2.30. The van der Waals surface area contributed by atoms with Crippen LogP contribution in [0.2, 0.25) is 0 Å². The summed E-state index contributed by atoms with van der Waals surface area (Å²) >= 11 is 1.89. The molecule has 1 saturated heterocycles. The number of ether oxygens (including phenoxy) is 3. The number of rotatable bonds is 3. The molecule has 0 aliphatic carbocycles. The Bertz CT molecular complexity index is 438. The minimum absolute atomic E-state index is 0.0244. The van der Waals surface area contributed by atoms with Crippen molar-refractivity contribution in [1.29, 1.82) is 0 Å². The zero-order valence-corrected chi connectivity index (χ0v) is 11.4. The van der Waals surface area contributed by atoms with Gasteiger partial charge in [0.2, 0.25) is 0 Å². The summed E-state index contributed by atoms with van der Waals surface area (Å²) in [5.41, 5.74) is 3.93. The van der Waals surface area contributed by atoms with Gasteiger partial charge in [-0.25, -0.2) is 0 Å². The Balaban J connectivity index is 1.82. The summed E-state index contributed by atoms with van der Waals surface area (Å²) in [6, 6.07) is 5.91. The van der Waals surface area contributed by atoms with E-state index < -0.39 is 0 Å². The standard InChI is InChI=1S/C13H18N2O3S/c14-15-13(12-8-19-6-5-18-12)9-1-2-10-11(7-9)17-4-3-16-10/h1-2,7,12-13,15H,3-6,8,14H2. The molecule has 1 aromatic carbocycles. The van der Waals surface area contributed by atoms with Gasteiger partial charge in [0, 0.05) is 11.5 Å². The number of fused-ring (bicyclic) bond motifs is 1. The summed E-state index contributed by atoms with van der Waals surface area (Å²) in [5, 5.41) is 0. The highest BCUT2D eigenvalue weighted by Gasteiger charge is 2.26. The van der Waals surface area contributed by atoms with Gasteiger partial charge in [-0.15, -0.1) is 0 Å². The van der Waals surface area contributed by atoms with Gasteiger partial charge in [-0.3, -0.25) is 11.3 Å². The van der Waals surface area contributed by atoms with Crippen molar-refractivity contribution in [1.82, 2.24) is 5.43 Å². The second-order valence-electron chi connectivity index (χ2n) is 4.53. The van der Waals surface area contributed by atoms with Crippen molar-refractivity contribution in [3.8, 4) is 11.5 Å². The van der Waals surface area contributed by atoms with Crippen LogP contribution in [0.25, 0.3) is 0 Å². The summed E-state index contributed by atoms with van der Waals surface area (Å²) in [7, 11) is 0. The maximum Gasteiger partial charge on any atom is 0.161 e. The summed E-state index contributed by atoms with van der Waals surface area (Å²) in [6.45, 7) is 1.97. The van der Waals surface area contributed by atoms with Gasteiger partial charge >= 0.3 is 0 Å². The van der Waals surface area contributed by atoms with Crippen LogP contribution in [0.3, 0.4) is 0 Å². The molecular weight excluding hydrogens is 264 g/mol. The van der Waals surface area contributed by atoms with E-state index in [2.05, 4.69) is 5.43 Å². The third-order valence-electron chi connectivity index (χ3n) is 3.32. The van der Waals surface area contributed by atoms with Gasteiger partial charge in [-0.1, -0.05) is 6.07 Å². The molecule has 5 nitrogen and oxygen atoms in total. The van der Waals surface area contributed by atoms with Crippen molar-refractivity contribution in [3.05, 3.63) is 23.8 Å². The van der Waals surface area contributed by atoms with Gasteiger partial charge in [-0.2, -0.15) is 11.8 Å². The monoisotopic (exact) mass is 282 g/mol. The average Bonchev–Trinajstić information content (AvgIpc) is 2.49. The van der Waals surface area contributed by atoms with E-state index in [9.17, 15) is 0 Å². The summed E-state index contributed by atoms with van der Waals surface area (Å²) in [6.07, 6.45) is 0.0892. The second-order valence-corrected chi connectivity index (χ2v) is 5.68. The van der Waals surface area contributed by atoms with E-state index in [-0.39, 0.29) is 12.1 Å². The number of hydrazine groups is 1. The van der Waals surface area contributed by atoms with E-state index in [0.717, 1.165) is 35.2 Å². The van der Waals surface area contributed by atoms with Gasteiger partial charge in [0.05, 0.1) is 18.8 Å². The van der Waals surface area contributed by atoms with Crippen LogP contribution in [-0.2, 0) is 4.74 Å². The fraction of sp³-hybridized carbons (Fsp3) is 0.538. The molecule has 2 aliphatic heterocycles. The van der Waals surface area contributed by atoms with Crippen LogP contribution in [0.1, 0.15) is 11.6 Å². The summed E-state index contributed by atoms with van der Waals surface area (Å²) < 4.78 is 16.9. The first kappa shape index (κ1) is 13.1. The van der Waals surface area contributed by atoms with Crippen LogP contribution >= 0.6 is 11.8 Å². The minimum atomic E-state index is -0.0244. The lowest BCUT2D eigenvalue weighted by atomic mass is 10.0. The normalized spacial score (nSPS) is 23.9. The molecule has 2 atom stereocenters. The minimum Gasteiger partial charge on any atom is -0.486 e. The first-order valence-electron chi connectivity index (χ1n) is 6.43. The molecule has 2 aliphatic rings. The molecule has 0 bridgehead atoms. The Hall–Kier alpha value is -0.950. The molecule has 0 spiro atoms. The van der Waals surface area contributed by atoms with Crippen LogP contribution in [-0.4, -0.2) is 37.4 Å². The van der Waals surface area contributed by atoms with E-state index in [1.165, 1.54) is 0 Å². The molecule has 104 valence electrons. The molecule has 1 aromatic rings. The Labute approximate surface area is 116 Å². The Kier molecular flexibility index (Phi) is 4.12. The zero-order chi connectivity index (χ0) is 13.1. The van der Waals surface area contributed by atoms with Crippen molar-refractivity contribution in [2.24, 2.45) is 5.84 Å². The van der Waals surface area contributed by atoms with Crippen LogP contribution in [0.5, 0.6) is 11.5 Å². The molecule has 1 fully saturated rings. The highest BCUT2D eigenvalue weighted by molar-refractivity contribution is 7.99. The zero-order valence-electron chi connectivity index (χ0n) is 10.6. The van der Waals surface area contributed by atoms with Crippen molar-refractivity contribution in [3.63, 3.8) is 0 Å². The fourth-order valence-corrected chi connectivity index (χ4v) is 3.27. The average molecular weight is 282 g/mol. The Morgan fingerprint density at radius 2 is 2.05 bits per heavy atom. The predicted molar refractivity (Wildman–Crippen MR) is 74.6 cm³/mol. The molecule has 3 N–H and O–H groups in total.